The lowest BCUT2D eigenvalue weighted by Crippen LogP contribution is -2.41. The van der Waals surface area contributed by atoms with Crippen molar-refractivity contribution < 1.29 is 14.3 Å². The Morgan fingerprint density at radius 2 is 1.88 bits per heavy atom. The van der Waals surface area contributed by atoms with E-state index in [1.165, 1.54) is 0 Å². The van der Waals surface area contributed by atoms with Crippen LogP contribution in [-0.4, -0.2) is 41.2 Å². The van der Waals surface area contributed by atoms with Gasteiger partial charge in [-0.25, -0.2) is 0 Å². The smallest absolute Gasteiger partial charge is 0.253 e. The summed E-state index contributed by atoms with van der Waals surface area (Å²) in [6.07, 6.45) is 3.08. The van der Waals surface area contributed by atoms with Crippen molar-refractivity contribution in [2.24, 2.45) is 5.92 Å². The minimum atomic E-state index is -0.754. The number of nitrogens with zero attached hydrogens (tertiary/aromatic N) is 1. The standard InChI is InChI=1S/C26H34BrN3O4/c1-6-30-9-7-18(8-10-30)13-26(5)33-22-17(4)19(12-21(27)23(22)34-26)24(31)28-14-20-15(2)11-16(3)29-25(20)32/h11-12,18H,6-10,13-14H2,1-5H3,(H,28,31)(H,29,32). The van der Waals surface area contributed by atoms with E-state index in [1.54, 1.807) is 6.07 Å². The predicted octanol–water partition coefficient (Wildman–Crippen LogP) is 4.60. The van der Waals surface area contributed by atoms with Crippen LogP contribution in [0, 0.1) is 26.7 Å². The number of amides is 1. The topological polar surface area (TPSA) is 83.7 Å². The predicted molar refractivity (Wildman–Crippen MR) is 136 cm³/mol. The fourth-order valence-corrected chi connectivity index (χ4v) is 5.58. The molecule has 7 nitrogen and oxygen atoms in total. The second-order valence-corrected chi connectivity index (χ2v) is 10.6. The van der Waals surface area contributed by atoms with Crippen molar-refractivity contribution in [3.63, 3.8) is 0 Å². The highest BCUT2D eigenvalue weighted by molar-refractivity contribution is 9.10. The van der Waals surface area contributed by atoms with Gasteiger partial charge in [-0.05, 0) is 92.8 Å². The number of likely N-dealkylation sites (tertiary alicyclic amines) is 1. The Kier molecular flexibility index (Phi) is 7.10. The van der Waals surface area contributed by atoms with E-state index in [0.29, 0.717) is 33.0 Å². The van der Waals surface area contributed by atoms with Crippen LogP contribution in [0.4, 0.5) is 0 Å². The first-order chi connectivity index (χ1) is 16.1. The molecule has 0 saturated carbocycles. The third-order valence-corrected chi connectivity index (χ3v) is 7.64. The zero-order valence-electron chi connectivity index (χ0n) is 20.6. The molecule has 34 heavy (non-hydrogen) atoms. The van der Waals surface area contributed by atoms with E-state index in [4.69, 9.17) is 9.47 Å². The average Bonchev–Trinajstić information content (AvgIpc) is 3.14. The van der Waals surface area contributed by atoms with Crippen molar-refractivity contribution in [1.82, 2.24) is 15.2 Å². The van der Waals surface area contributed by atoms with Crippen molar-refractivity contribution >= 4 is 21.8 Å². The number of hydrogen-bond acceptors (Lipinski definition) is 5. The molecule has 1 saturated heterocycles. The van der Waals surface area contributed by atoms with E-state index in [-0.39, 0.29) is 18.0 Å². The Bertz CT molecular complexity index is 1150. The lowest BCUT2D eigenvalue weighted by Gasteiger charge is -2.34. The van der Waals surface area contributed by atoms with Crippen molar-refractivity contribution in [1.29, 1.82) is 0 Å². The molecule has 0 aliphatic carbocycles. The van der Waals surface area contributed by atoms with Gasteiger partial charge < -0.3 is 24.7 Å². The molecule has 4 rings (SSSR count). The second kappa shape index (κ2) is 9.74. The molecular formula is C26H34BrN3O4. The maximum atomic E-state index is 13.1. The first-order valence-corrected chi connectivity index (χ1v) is 12.8. The summed E-state index contributed by atoms with van der Waals surface area (Å²) >= 11 is 3.58. The van der Waals surface area contributed by atoms with Gasteiger partial charge in [0.05, 0.1) is 4.47 Å². The maximum absolute atomic E-state index is 13.1. The number of ether oxygens (including phenoxy) is 2. The molecule has 0 bridgehead atoms. The number of nitrogens with one attached hydrogen (secondary N) is 2. The summed E-state index contributed by atoms with van der Waals surface area (Å²) in [5.74, 6) is 0.783. The normalized spacial score (nSPS) is 20.5. The number of H-pyrrole nitrogens is 1. The van der Waals surface area contributed by atoms with E-state index < -0.39 is 5.79 Å². The number of rotatable bonds is 6. The van der Waals surface area contributed by atoms with Gasteiger partial charge >= 0.3 is 0 Å². The highest BCUT2D eigenvalue weighted by atomic mass is 79.9. The molecule has 184 valence electrons. The van der Waals surface area contributed by atoms with Crippen LogP contribution in [0.3, 0.4) is 0 Å². The van der Waals surface area contributed by atoms with Crippen LogP contribution in [0.5, 0.6) is 11.5 Å². The molecule has 1 aromatic heterocycles. The highest BCUT2D eigenvalue weighted by Crippen LogP contribution is 2.49. The van der Waals surface area contributed by atoms with Crippen molar-refractivity contribution in [2.75, 3.05) is 19.6 Å². The average molecular weight is 532 g/mol. The number of hydrogen-bond donors (Lipinski definition) is 2. The zero-order chi connectivity index (χ0) is 24.6. The number of fused-ring (bicyclic) bond motifs is 1. The minimum Gasteiger partial charge on any atom is -0.448 e. The third kappa shape index (κ3) is 5.03. The number of aryl methyl sites for hydroxylation is 2. The molecule has 3 heterocycles. The summed E-state index contributed by atoms with van der Waals surface area (Å²) in [5, 5.41) is 2.89. The Balaban J connectivity index is 1.48. The van der Waals surface area contributed by atoms with Crippen molar-refractivity contribution in [3.8, 4) is 11.5 Å². The molecule has 1 unspecified atom stereocenters. The van der Waals surface area contributed by atoms with Crippen molar-refractivity contribution in [3.05, 3.63) is 54.9 Å². The zero-order valence-corrected chi connectivity index (χ0v) is 22.2. The fourth-order valence-electron chi connectivity index (χ4n) is 5.09. The van der Waals surface area contributed by atoms with Crippen LogP contribution in [-0.2, 0) is 6.54 Å². The lowest BCUT2D eigenvalue weighted by molar-refractivity contribution is -0.0847. The molecule has 2 aliphatic rings. The van der Waals surface area contributed by atoms with Crippen molar-refractivity contribution in [2.45, 2.75) is 66.2 Å². The van der Waals surface area contributed by atoms with Gasteiger partial charge in [0.1, 0.15) is 0 Å². The van der Waals surface area contributed by atoms with Gasteiger partial charge in [-0.3, -0.25) is 9.59 Å². The van der Waals surface area contributed by atoms with Crippen LogP contribution in [0.1, 0.15) is 65.9 Å². The van der Waals surface area contributed by atoms with Gasteiger partial charge in [0.25, 0.3) is 11.5 Å². The quantitative estimate of drug-likeness (QED) is 0.568. The number of pyridine rings is 1. The van der Waals surface area contributed by atoms with E-state index in [1.807, 2.05) is 33.8 Å². The molecule has 1 amide bonds. The first kappa shape index (κ1) is 24.8. The van der Waals surface area contributed by atoms with Gasteiger partial charge in [-0.1, -0.05) is 6.92 Å². The molecule has 0 spiro atoms. The summed E-state index contributed by atoms with van der Waals surface area (Å²) in [6, 6.07) is 3.67. The Morgan fingerprint density at radius 1 is 1.21 bits per heavy atom. The summed E-state index contributed by atoms with van der Waals surface area (Å²) in [5.41, 5.74) is 3.25. The fraction of sp³-hybridized carbons (Fsp3) is 0.538. The SMILES string of the molecule is CCN1CCC(CC2(C)Oc3c(Br)cc(C(=O)NCc4c(C)cc(C)[nH]c4=O)c(C)c3O2)CC1. The third-order valence-electron chi connectivity index (χ3n) is 7.05. The monoisotopic (exact) mass is 531 g/mol. The van der Waals surface area contributed by atoms with E-state index >= 15 is 0 Å². The first-order valence-electron chi connectivity index (χ1n) is 12.0. The number of piperidine rings is 1. The highest BCUT2D eigenvalue weighted by Gasteiger charge is 2.42. The molecule has 1 fully saturated rings. The maximum Gasteiger partial charge on any atom is 0.253 e. The Hall–Kier alpha value is -2.32. The number of carbonyl (C=O) groups is 1. The number of aromatic nitrogens is 1. The Labute approximate surface area is 209 Å². The van der Waals surface area contributed by atoms with Gasteiger partial charge in [0.2, 0.25) is 5.79 Å². The molecule has 8 heteroatoms. The Morgan fingerprint density at radius 3 is 2.53 bits per heavy atom. The number of carbonyl (C=O) groups excluding carboxylic acids is 1. The second-order valence-electron chi connectivity index (χ2n) is 9.73. The van der Waals surface area contributed by atoms with Crippen LogP contribution in [0.15, 0.2) is 21.4 Å². The van der Waals surface area contributed by atoms with Crippen LogP contribution < -0.4 is 20.3 Å². The van der Waals surface area contributed by atoms with Crippen LogP contribution in [0.2, 0.25) is 0 Å². The number of benzene rings is 1. The van der Waals surface area contributed by atoms with Crippen LogP contribution >= 0.6 is 15.9 Å². The summed E-state index contributed by atoms with van der Waals surface area (Å²) in [6.45, 7) is 13.2. The molecule has 1 atom stereocenters. The summed E-state index contributed by atoms with van der Waals surface area (Å²) < 4.78 is 13.4. The van der Waals surface area contributed by atoms with Gasteiger partial charge in [-0.15, -0.1) is 0 Å². The van der Waals surface area contributed by atoms with Gasteiger partial charge in [0, 0.05) is 42.3 Å². The molecule has 2 N–H and O–H groups in total. The van der Waals surface area contributed by atoms with Gasteiger partial charge in [-0.2, -0.15) is 0 Å². The van der Waals surface area contributed by atoms with Gasteiger partial charge in [0.15, 0.2) is 11.5 Å². The summed E-state index contributed by atoms with van der Waals surface area (Å²) in [4.78, 5) is 30.6. The molecule has 0 radical (unpaired) electrons. The summed E-state index contributed by atoms with van der Waals surface area (Å²) in [7, 11) is 0. The largest absolute Gasteiger partial charge is 0.448 e. The number of halogens is 1. The number of aromatic amines is 1. The lowest BCUT2D eigenvalue weighted by atomic mass is 9.90. The van der Waals surface area contributed by atoms with E-state index in [0.717, 1.165) is 55.7 Å². The molecule has 2 aliphatic heterocycles. The van der Waals surface area contributed by atoms with E-state index in [2.05, 4.69) is 38.1 Å². The molecule has 1 aromatic carbocycles. The molecule has 2 aromatic rings. The minimum absolute atomic E-state index is 0.153. The molecular weight excluding hydrogens is 498 g/mol. The van der Waals surface area contributed by atoms with Crippen LogP contribution in [0.25, 0.3) is 0 Å². The van der Waals surface area contributed by atoms with E-state index in [9.17, 15) is 9.59 Å².